The van der Waals surface area contributed by atoms with Crippen molar-refractivity contribution in [1.82, 2.24) is 30.2 Å². The van der Waals surface area contributed by atoms with Crippen LogP contribution in [0.3, 0.4) is 0 Å². The van der Waals surface area contributed by atoms with E-state index in [0.717, 1.165) is 61.8 Å². The summed E-state index contributed by atoms with van der Waals surface area (Å²) in [5.74, 6) is -0.642. The van der Waals surface area contributed by atoms with E-state index in [1.807, 2.05) is 45.8 Å². The molecule has 288 valence electrons. The van der Waals surface area contributed by atoms with Crippen molar-refractivity contribution in [3.8, 4) is 5.75 Å². The number of hydrogen-bond acceptors (Lipinski definition) is 12. The predicted molar refractivity (Wildman–Crippen MR) is 206 cm³/mol. The smallest absolute Gasteiger partial charge is 0.349 e. The first-order valence-electron chi connectivity index (χ1n) is 17.5. The maximum Gasteiger partial charge on any atom is 0.349 e. The van der Waals surface area contributed by atoms with Crippen molar-refractivity contribution in [2.45, 2.75) is 69.0 Å². The normalized spacial score (nSPS) is 16.6. The minimum absolute atomic E-state index is 0. The predicted octanol–water partition coefficient (Wildman–Crippen LogP) is 5.34. The van der Waals surface area contributed by atoms with Crippen molar-refractivity contribution in [1.29, 1.82) is 0 Å². The summed E-state index contributed by atoms with van der Waals surface area (Å²) in [5, 5.41) is 49.0. The number of nitrogens with zero attached hydrogens (tertiary/aromatic N) is 4. The molecule has 1 aliphatic carbocycles. The summed E-state index contributed by atoms with van der Waals surface area (Å²) in [6.45, 7) is 2.42. The highest BCUT2D eigenvalue weighted by Crippen LogP contribution is 2.38. The van der Waals surface area contributed by atoms with Gasteiger partial charge in [-0.15, -0.1) is 27.8 Å². The number of phenolic OH excluding ortho intramolecular Hbond substituents is 1. The fourth-order valence-corrected chi connectivity index (χ4v) is 8.80. The number of fused-ring (bicyclic) bond motifs is 2. The van der Waals surface area contributed by atoms with Gasteiger partial charge in [-0.05, 0) is 104 Å². The highest BCUT2D eigenvalue weighted by atomic mass is 32.1. The quantitative estimate of drug-likeness (QED) is 0.0911. The number of pyridine rings is 1. The third-order valence-corrected chi connectivity index (χ3v) is 11.9. The summed E-state index contributed by atoms with van der Waals surface area (Å²) in [7, 11) is 2.14. The number of ether oxygens (including phenoxy) is 1. The number of carbonyl (C=O) groups excluding carboxylic acids is 1. The van der Waals surface area contributed by atoms with E-state index in [0.29, 0.717) is 38.8 Å². The molecule has 6 aromatic rings. The lowest BCUT2D eigenvalue weighted by Gasteiger charge is -2.35. The van der Waals surface area contributed by atoms with E-state index in [-0.39, 0.29) is 33.4 Å². The van der Waals surface area contributed by atoms with Gasteiger partial charge in [0, 0.05) is 37.1 Å². The lowest BCUT2D eigenvalue weighted by molar-refractivity contribution is -0.169. The molecule has 0 saturated heterocycles. The molecule has 1 atom stereocenters. The zero-order valence-electron chi connectivity index (χ0n) is 29.6. The second kappa shape index (κ2) is 17.7. The summed E-state index contributed by atoms with van der Waals surface area (Å²) in [6.07, 6.45) is 3.18. The molecule has 54 heavy (non-hydrogen) atoms. The van der Waals surface area contributed by atoms with Gasteiger partial charge in [0.25, 0.3) is 0 Å². The topological polar surface area (TPSA) is 166 Å². The number of aromatic amines is 1. The SMILES string of the molecule is CN(CCCn1nnc2cc(CNC[C@@H](O)c3ccc(O)c4[nH]c(=O)ccc34)ccc21)C1CCC(OC(=O)C(O)(c2cccs2)c2cccs2)CC1.F.F. The van der Waals surface area contributed by atoms with Crippen molar-refractivity contribution in [3.63, 3.8) is 0 Å². The van der Waals surface area contributed by atoms with Gasteiger partial charge < -0.3 is 35.3 Å². The molecular weight excluding hydrogens is 739 g/mol. The first-order valence-corrected chi connectivity index (χ1v) is 19.2. The number of aromatic nitrogens is 4. The van der Waals surface area contributed by atoms with Gasteiger partial charge in [0.15, 0.2) is 0 Å². The highest BCUT2D eigenvalue weighted by molar-refractivity contribution is 7.12. The Labute approximate surface area is 317 Å². The maximum atomic E-state index is 13.4. The first-order chi connectivity index (χ1) is 25.2. The van der Waals surface area contributed by atoms with Gasteiger partial charge in [-0.2, -0.15) is 0 Å². The van der Waals surface area contributed by atoms with Crippen LogP contribution in [0.1, 0.15) is 59.1 Å². The van der Waals surface area contributed by atoms with Gasteiger partial charge in [-0.1, -0.05) is 29.5 Å². The number of aryl methyl sites for hydroxylation is 1. The van der Waals surface area contributed by atoms with Crippen LogP contribution in [0.5, 0.6) is 5.75 Å². The van der Waals surface area contributed by atoms with Gasteiger partial charge in [-0.3, -0.25) is 14.2 Å². The van der Waals surface area contributed by atoms with Crippen molar-refractivity contribution < 1.29 is 34.3 Å². The van der Waals surface area contributed by atoms with Crippen LogP contribution in [0.4, 0.5) is 9.41 Å². The van der Waals surface area contributed by atoms with Crippen LogP contribution in [0, 0.1) is 0 Å². The van der Waals surface area contributed by atoms with E-state index in [4.69, 9.17) is 4.74 Å². The van der Waals surface area contributed by atoms with Crippen LogP contribution in [0.15, 0.2) is 82.3 Å². The fraction of sp³-hybridized carbons (Fsp3) is 0.368. The van der Waals surface area contributed by atoms with Crippen molar-refractivity contribution in [2.75, 3.05) is 20.1 Å². The van der Waals surface area contributed by atoms with Crippen molar-refractivity contribution in [2.24, 2.45) is 0 Å². The zero-order valence-corrected chi connectivity index (χ0v) is 31.2. The van der Waals surface area contributed by atoms with E-state index < -0.39 is 17.7 Å². The Bertz CT molecular complexity index is 2150. The Morgan fingerprint density at radius 2 is 1.78 bits per heavy atom. The van der Waals surface area contributed by atoms with Crippen molar-refractivity contribution >= 4 is 50.6 Å². The van der Waals surface area contributed by atoms with Gasteiger partial charge in [0.2, 0.25) is 11.2 Å². The Hall–Kier alpha value is -4.58. The van der Waals surface area contributed by atoms with Crippen molar-refractivity contribution in [3.05, 3.63) is 109 Å². The van der Waals surface area contributed by atoms with Gasteiger partial charge in [0.1, 0.15) is 17.4 Å². The second-order valence-corrected chi connectivity index (χ2v) is 15.3. The van der Waals surface area contributed by atoms with Crippen LogP contribution in [0.2, 0.25) is 0 Å². The van der Waals surface area contributed by atoms with Crippen LogP contribution in [0.25, 0.3) is 21.9 Å². The molecule has 0 radical (unpaired) electrons. The molecule has 1 fully saturated rings. The summed E-state index contributed by atoms with van der Waals surface area (Å²) < 4.78 is 7.87. The molecular formula is C38H44F2N6O6S2. The average Bonchev–Trinajstić information content (AvgIpc) is 3.96. The molecule has 0 amide bonds. The number of hydrogen-bond donors (Lipinski definition) is 5. The minimum Gasteiger partial charge on any atom is -0.506 e. The maximum absolute atomic E-state index is 13.4. The number of aromatic hydroxyl groups is 1. The van der Waals surface area contributed by atoms with Gasteiger partial charge >= 0.3 is 5.97 Å². The number of phenols is 1. The third kappa shape index (κ3) is 8.53. The molecule has 1 aliphatic rings. The Morgan fingerprint density at radius 3 is 2.46 bits per heavy atom. The number of benzene rings is 2. The highest BCUT2D eigenvalue weighted by Gasteiger charge is 2.45. The molecule has 0 spiro atoms. The monoisotopic (exact) mass is 782 g/mol. The zero-order chi connectivity index (χ0) is 36.2. The van der Waals surface area contributed by atoms with Crippen LogP contribution in [-0.4, -0.2) is 78.4 Å². The summed E-state index contributed by atoms with van der Waals surface area (Å²) in [5.41, 5.74) is 1.60. The fourth-order valence-electron chi connectivity index (χ4n) is 7.09. The second-order valence-electron chi connectivity index (χ2n) is 13.4. The van der Waals surface area contributed by atoms with Crippen LogP contribution >= 0.6 is 22.7 Å². The van der Waals surface area contributed by atoms with E-state index in [9.17, 15) is 24.9 Å². The Balaban J connectivity index is 0.00000280. The number of rotatable bonds is 14. The standard InChI is InChI=1S/C38H42N6O6S2.2FH/c1-43(25-8-10-26(11-9-25)50-37(48)38(49,33-5-2-19-51-33)34-6-3-20-52-34)17-4-18-44-30-14-7-24(21-29(30)41-42-44)22-39-23-32(46)27-12-15-31(45)36-28(27)13-16-35(47)40-36;;/h2-3,5-7,12-16,19-21,25-26,32,39,45-46,49H,4,8-11,17-18,22-23H2,1H3,(H,40,47);2*1H/t25?,26?,32-;;/m1../s1. The molecule has 4 heterocycles. The molecule has 7 rings (SSSR count). The van der Waals surface area contributed by atoms with E-state index in [1.165, 1.54) is 34.8 Å². The summed E-state index contributed by atoms with van der Waals surface area (Å²) in [6, 6.07) is 19.8. The molecule has 4 aromatic heterocycles. The lowest BCUT2D eigenvalue weighted by Crippen LogP contribution is -2.42. The number of H-pyrrole nitrogens is 1. The van der Waals surface area contributed by atoms with E-state index >= 15 is 0 Å². The number of aliphatic hydroxyl groups is 2. The Morgan fingerprint density at radius 1 is 1.06 bits per heavy atom. The molecule has 0 unspecified atom stereocenters. The van der Waals surface area contributed by atoms with E-state index in [2.05, 4.69) is 32.6 Å². The van der Waals surface area contributed by atoms with Crippen LogP contribution < -0.4 is 10.9 Å². The number of esters is 1. The Kier molecular flexibility index (Phi) is 13.3. The molecule has 5 N–H and O–H groups in total. The molecule has 1 saturated carbocycles. The number of thiophene rings is 2. The molecule has 0 aliphatic heterocycles. The minimum atomic E-state index is -1.78. The number of halogens is 2. The number of nitrogens with one attached hydrogen (secondary N) is 2. The lowest BCUT2D eigenvalue weighted by atomic mass is 9.91. The molecule has 2 aromatic carbocycles. The largest absolute Gasteiger partial charge is 0.506 e. The molecule has 12 nitrogen and oxygen atoms in total. The number of carbonyl (C=O) groups is 1. The van der Waals surface area contributed by atoms with Gasteiger partial charge in [-0.25, -0.2) is 9.48 Å². The van der Waals surface area contributed by atoms with E-state index in [1.54, 1.807) is 24.3 Å². The number of aliphatic hydroxyl groups excluding tert-OH is 1. The van der Waals surface area contributed by atoms with Crippen LogP contribution in [-0.2, 0) is 28.2 Å². The first kappa shape index (κ1) is 40.6. The molecule has 16 heteroatoms. The molecule has 0 bridgehead atoms. The average molecular weight is 783 g/mol. The third-order valence-electron chi connectivity index (χ3n) is 9.98. The summed E-state index contributed by atoms with van der Waals surface area (Å²) >= 11 is 2.70. The van der Waals surface area contributed by atoms with Gasteiger partial charge in [0.05, 0.1) is 26.9 Å². The summed E-state index contributed by atoms with van der Waals surface area (Å²) in [4.78, 5) is 31.2.